The molecule has 0 radical (unpaired) electrons. The van der Waals surface area contributed by atoms with Crippen LogP contribution < -0.4 is 0 Å². The van der Waals surface area contributed by atoms with E-state index in [1.54, 1.807) is 0 Å². The quantitative estimate of drug-likeness (QED) is 0.205. The Morgan fingerprint density at radius 2 is 1.04 bits per heavy atom. The molecule has 0 saturated heterocycles. The van der Waals surface area contributed by atoms with E-state index < -0.39 is 0 Å². The third kappa shape index (κ3) is 3.14. The lowest BCUT2D eigenvalue weighted by Crippen LogP contribution is -1.94. The van der Waals surface area contributed by atoms with Gasteiger partial charge in [-0.2, -0.15) is 0 Å². The van der Waals surface area contributed by atoms with Gasteiger partial charge in [0.15, 0.2) is 0 Å². The number of fused-ring (bicyclic) bond motifs is 3. The topological polar surface area (TPSA) is 4.93 Å². The maximum atomic E-state index is 3.63. The smallest absolute Gasteiger partial charge is 0.0541 e. The van der Waals surface area contributed by atoms with Gasteiger partial charge in [0, 0.05) is 29.9 Å². The fourth-order valence-corrected chi connectivity index (χ4v) is 4.86. The van der Waals surface area contributed by atoms with Crippen LogP contribution in [0.4, 0.5) is 0 Å². The molecular formula is C24H14Br3N. The van der Waals surface area contributed by atoms with E-state index in [9.17, 15) is 0 Å². The van der Waals surface area contributed by atoms with Crippen LogP contribution in [-0.2, 0) is 0 Å². The van der Waals surface area contributed by atoms with Gasteiger partial charge in [0.25, 0.3) is 0 Å². The minimum absolute atomic E-state index is 1.09. The Labute approximate surface area is 188 Å². The zero-order valence-electron chi connectivity index (χ0n) is 14.7. The van der Waals surface area contributed by atoms with E-state index in [-0.39, 0.29) is 0 Å². The number of aromatic nitrogens is 1. The van der Waals surface area contributed by atoms with Crippen LogP contribution >= 0.6 is 47.8 Å². The zero-order valence-corrected chi connectivity index (χ0v) is 19.4. The highest BCUT2D eigenvalue weighted by Gasteiger charge is 2.13. The summed E-state index contributed by atoms with van der Waals surface area (Å²) in [4.78, 5) is 0. The van der Waals surface area contributed by atoms with Crippen molar-refractivity contribution in [2.24, 2.45) is 0 Å². The van der Waals surface area contributed by atoms with E-state index in [0.717, 1.165) is 19.1 Å². The molecular weight excluding hydrogens is 542 g/mol. The molecule has 0 saturated carbocycles. The Bertz CT molecular complexity index is 1290. The van der Waals surface area contributed by atoms with E-state index in [1.807, 2.05) is 0 Å². The molecule has 5 rings (SSSR count). The van der Waals surface area contributed by atoms with Crippen molar-refractivity contribution in [1.82, 2.24) is 4.57 Å². The first kappa shape index (κ1) is 18.2. The first-order valence-corrected chi connectivity index (χ1v) is 11.2. The number of nitrogens with zero attached hydrogens (tertiary/aromatic N) is 1. The highest BCUT2D eigenvalue weighted by molar-refractivity contribution is 9.11. The Balaban J connectivity index is 1.81. The number of rotatable bonds is 2. The molecule has 0 atom stereocenters. The molecule has 0 aliphatic rings. The van der Waals surface area contributed by atoms with E-state index in [4.69, 9.17) is 0 Å². The van der Waals surface area contributed by atoms with Gasteiger partial charge in [0.1, 0.15) is 0 Å². The van der Waals surface area contributed by atoms with Crippen LogP contribution in [0.5, 0.6) is 0 Å². The Hall–Kier alpha value is -1.88. The summed E-state index contributed by atoms with van der Waals surface area (Å²) in [5, 5.41) is 2.47. The second kappa shape index (κ2) is 7.18. The molecule has 5 aromatic rings. The third-order valence-corrected chi connectivity index (χ3v) is 6.43. The van der Waals surface area contributed by atoms with Crippen LogP contribution in [0.25, 0.3) is 38.6 Å². The molecule has 1 aromatic heterocycles. The summed E-state index contributed by atoms with van der Waals surface area (Å²) in [5.41, 5.74) is 5.94. The molecule has 4 heteroatoms. The molecule has 0 aliphatic carbocycles. The van der Waals surface area contributed by atoms with Crippen molar-refractivity contribution in [1.29, 1.82) is 0 Å². The van der Waals surface area contributed by atoms with Crippen LogP contribution in [0.3, 0.4) is 0 Å². The highest BCUT2D eigenvalue weighted by Crippen LogP contribution is 2.36. The molecule has 4 aromatic carbocycles. The molecule has 0 spiro atoms. The summed E-state index contributed by atoms with van der Waals surface area (Å²) >= 11 is 10.8. The van der Waals surface area contributed by atoms with Crippen molar-refractivity contribution in [3.05, 3.63) is 98.3 Å². The molecule has 0 bridgehead atoms. The maximum absolute atomic E-state index is 3.63. The Morgan fingerprint density at radius 3 is 1.64 bits per heavy atom. The predicted molar refractivity (Wildman–Crippen MR) is 129 cm³/mol. The second-order valence-corrected chi connectivity index (χ2v) is 9.47. The van der Waals surface area contributed by atoms with Crippen molar-refractivity contribution < 1.29 is 0 Å². The van der Waals surface area contributed by atoms with Gasteiger partial charge in [-0.25, -0.2) is 0 Å². The third-order valence-electron chi connectivity index (χ3n) is 4.95. The van der Waals surface area contributed by atoms with Crippen molar-refractivity contribution in [2.75, 3.05) is 0 Å². The SMILES string of the molecule is Brc1cccc(-c2cccc(-n3c4ccc(Br)cc4c4cc(Br)ccc43)c2)c1. The van der Waals surface area contributed by atoms with Crippen LogP contribution in [-0.4, -0.2) is 4.57 Å². The maximum Gasteiger partial charge on any atom is 0.0541 e. The van der Waals surface area contributed by atoms with E-state index in [1.165, 1.54) is 32.9 Å². The van der Waals surface area contributed by atoms with Gasteiger partial charge in [-0.3, -0.25) is 0 Å². The first-order chi connectivity index (χ1) is 13.6. The fourth-order valence-electron chi connectivity index (χ4n) is 3.74. The lowest BCUT2D eigenvalue weighted by molar-refractivity contribution is 1.18. The number of halogens is 3. The standard InChI is InChI=1S/C24H14Br3N/c25-17-5-1-3-15(11-17)16-4-2-6-20(12-16)28-23-9-7-18(26)13-21(23)22-14-19(27)8-10-24(22)28/h1-14H. The summed E-state index contributed by atoms with van der Waals surface area (Å²) in [6.45, 7) is 0. The normalized spacial score (nSPS) is 11.4. The van der Waals surface area contributed by atoms with Crippen LogP contribution in [0.1, 0.15) is 0 Å². The zero-order chi connectivity index (χ0) is 19.3. The molecule has 0 amide bonds. The highest BCUT2D eigenvalue weighted by atomic mass is 79.9. The van der Waals surface area contributed by atoms with Crippen molar-refractivity contribution >= 4 is 69.6 Å². The predicted octanol–water partition coefficient (Wildman–Crippen LogP) is 8.74. The van der Waals surface area contributed by atoms with Gasteiger partial charge < -0.3 is 4.57 Å². The number of hydrogen-bond donors (Lipinski definition) is 0. The van der Waals surface area contributed by atoms with Crippen LogP contribution in [0, 0.1) is 0 Å². The fraction of sp³-hybridized carbons (Fsp3) is 0. The average Bonchev–Trinajstić information content (AvgIpc) is 3.01. The lowest BCUT2D eigenvalue weighted by Gasteiger charge is -2.10. The summed E-state index contributed by atoms with van der Waals surface area (Å²) < 4.78 is 5.59. The van der Waals surface area contributed by atoms with E-state index >= 15 is 0 Å². The van der Waals surface area contributed by atoms with Crippen molar-refractivity contribution in [3.63, 3.8) is 0 Å². The summed E-state index contributed by atoms with van der Waals surface area (Å²) in [5.74, 6) is 0. The van der Waals surface area contributed by atoms with Crippen LogP contribution in [0.15, 0.2) is 98.3 Å². The molecule has 1 heterocycles. The minimum Gasteiger partial charge on any atom is -0.309 e. The van der Waals surface area contributed by atoms with Gasteiger partial charge in [-0.05, 0) is 71.8 Å². The van der Waals surface area contributed by atoms with Gasteiger partial charge in [0.2, 0.25) is 0 Å². The monoisotopic (exact) mass is 553 g/mol. The Morgan fingerprint density at radius 1 is 0.500 bits per heavy atom. The average molecular weight is 556 g/mol. The van der Waals surface area contributed by atoms with Gasteiger partial charge >= 0.3 is 0 Å². The second-order valence-electron chi connectivity index (χ2n) is 6.72. The van der Waals surface area contributed by atoms with Gasteiger partial charge in [0.05, 0.1) is 11.0 Å². The Kier molecular flexibility index (Phi) is 4.66. The van der Waals surface area contributed by atoms with E-state index in [0.29, 0.717) is 0 Å². The first-order valence-electron chi connectivity index (χ1n) is 8.86. The molecule has 28 heavy (non-hydrogen) atoms. The minimum atomic E-state index is 1.09. The number of hydrogen-bond acceptors (Lipinski definition) is 0. The van der Waals surface area contributed by atoms with Gasteiger partial charge in [-0.1, -0.05) is 72.1 Å². The van der Waals surface area contributed by atoms with Gasteiger partial charge in [-0.15, -0.1) is 0 Å². The summed E-state index contributed by atoms with van der Waals surface area (Å²) in [6, 6.07) is 30.1. The summed E-state index contributed by atoms with van der Waals surface area (Å²) in [6.07, 6.45) is 0. The lowest BCUT2D eigenvalue weighted by atomic mass is 10.1. The molecule has 0 N–H and O–H groups in total. The molecule has 0 aliphatic heterocycles. The summed E-state index contributed by atoms with van der Waals surface area (Å²) in [7, 11) is 0. The number of benzene rings is 4. The molecule has 0 unspecified atom stereocenters. The van der Waals surface area contributed by atoms with Crippen molar-refractivity contribution in [3.8, 4) is 16.8 Å². The molecule has 136 valence electrons. The molecule has 1 nitrogen and oxygen atoms in total. The largest absolute Gasteiger partial charge is 0.309 e. The molecule has 0 fully saturated rings. The van der Waals surface area contributed by atoms with Crippen molar-refractivity contribution in [2.45, 2.75) is 0 Å². The van der Waals surface area contributed by atoms with Crippen LogP contribution in [0.2, 0.25) is 0 Å². The van der Waals surface area contributed by atoms with E-state index in [2.05, 4.69) is 137 Å².